The van der Waals surface area contributed by atoms with Gasteiger partial charge in [0.25, 0.3) is 0 Å². The van der Waals surface area contributed by atoms with Gasteiger partial charge in [0.2, 0.25) is 0 Å². The van der Waals surface area contributed by atoms with E-state index in [-0.39, 0.29) is 38.4 Å². The lowest BCUT2D eigenvalue weighted by Crippen LogP contribution is -2.46. The molecule has 0 aromatic carbocycles. The Balaban J connectivity index is 2.62. The summed E-state index contributed by atoms with van der Waals surface area (Å²) in [6.07, 6.45) is 0. The monoisotopic (exact) mass is 218 g/mol. The van der Waals surface area contributed by atoms with E-state index in [0.29, 0.717) is 6.54 Å². The Morgan fingerprint density at radius 1 is 1.40 bits per heavy atom. The van der Waals surface area contributed by atoms with Crippen LogP contribution in [0.5, 0.6) is 0 Å². The first-order valence-corrected chi connectivity index (χ1v) is 4.95. The molecule has 1 fully saturated rings. The number of hydrogen-bond acceptors (Lipinski definition) is 4. The van der Waals surface area contributed by atoms with Crippen LogP contribution in [0.1, 0.15) is 6.92 Å². The van der Waals surface area contributed by atoms with Crippen LogP contribution >= 0.6 is 0 Å². The molecule has 2 amide bonds. The molecule has 1 atom stereocenters. The normalized spacial score (nSPS) is 22.0. The number of nitrogens with one attached hydrogen (secondary N) is 1. The molecule has 0 saturated carbocycles. The molecule has 6 heteroatoms. The Labute approximate surface area is 88.5 Å². The van der Waals surface area contributed by atoms with Gasteiger partial charge in [0.1, 0.15) is 0 Å². The standard InChI is InChI=1S/C9H18N2O4/c1-7-2-11(8(15)10-7)3-9(4-12,5-13)6-14/h7,12-14H,2-6H2,1H3,(H,10,15). The van der Waals surface area contributed by atoms with E-state index in [2.05, 4.69) is 5.32 Å². The highest BCUT2D eigenvalue weighted by atomic mass is 16.3. The molecule has 15 heavy (non-hydrogen) atoms. The van der Waals surface area contributed by atoms with Crippen molar-refractivity contribution >= 4 is 6.03 Å². The summed E-state index contributed by atoms with van der Waals surface area (Å²) in [4.78, 5) is 12.9. The van der Waals surface area contributed by atoms with Crippen molar-refractivity contribution < 1.29 is 20.1 Å². The zero-order chi connectivity index (χ0) is 11.5. The number of carbonyl (C=O) groups is 1. The minimum absolute atomic E-state index is 0.0614. The number of amides is 2. The van der Waals surface area contributed by atoms with Gasteiger partial charge in [-0.1, -0.05) is 0 Å². The third-order valence-electron chi connectivity index (χ3n) is 2.68. The topological polar surface area (TPSA) is 93.0 Å². The lowest BCUT2D eigenvalue weighted by molar-refractivity contribution is -0.00953. The fraction of sp³-hybridized carbons (Fsp3) is 0.889. The summed E-state index contributed by atoms with van der Waals surface area (Å²) in [6, 6.07) is -0.159. The minimum Gasteiger partial charge on any atom is -0.396 e. The average molecular weight is 218 g/mol. The lowest BCUT2D eigenvalue weighted by Gasteiger charge is -2.31. The molecule has 1 unspecified atom stereocenters. The van der Waals surface area contributed by atoms with Crippen molar-refractivity contribution in [3.63, 3.8) is 0 Å². The van der Waals surface area contributed by atoms with Gasteiger partial charge in [-0.25, -0.2) is 4.79 Å². The molecule has 6 nitrogen and oxygen atoms in total. The number of hydrogen-bond donors (Lipinski definition) is 4. The van der Waals surface area contributed by atoms with Crippen molar-refractivity contribution in [2.24, 2.45) is 5.41 Å². The second-order valence-corrected chi connectivity index (χ2v) is 4.21. The van der Waals surface area contributed by atoms with Crippen molar-refractivity contribution in [2.75, 3.05) is 32.9 Å². The third-order valence-corrected chi connectivity index (χ3v) is 2.68. The molecule has 1 rings (SSSR count). The molecule has 1 saturated heterocycles. The average Bonchev–Trinajstić information content (AvgIpc) is 2.54. The van der Waals surface area contributed by atoms with Gasteiger partial charge in [-0.15, -0.1) is 0 Å². The van der Waals surface area contributed by atoms with Gasteiger partial charge >= 0.3 is 6.03 Å². The second-order valence-electron chi connectivity index (χ2n) is 4.21. The Kier molecular flexibility index (Phi) is 3.90. The van der Waals surface area contributed by atoms with Crippen molar-refractivity contribution in [2.45, 2.75) is 13.0 Å². The highest BCUT2D eigenvalue weighted by molar-refractivity contribution is 5.76. The summed E-state index contributed by atoms with van der Waals surface area (Å²) in [5.74, 6) is 0. The number of urea groups is 1. The molecule has 1 aliphatic heterocycles. The van der Waals surface area contributed by atoms with Gasteiger partial charge in [0.05, 0.1) is 25.2 Å². The molecular weight excluding hydrogens is 200 g/mol. The Morgan fingerprint density at radius 3 is 2.27 bits per heavy atom. The zero-order valence-corrected chi connectivity index (χ0v) is 8.81. The van der Waals surface area contributed by atoms with E-state index < -0.39 is 5.41 Å². The molecule has 0 bridgehead atoms. The molecule has 1 heterocycles. The predicted molar refractivity (Wildman–Crippen MR) is 53.3 cm³/mol. The van der Waals surface area contributed by atoms with Crippen molar-refractivity contribution in [3.8, 4) is 0 Å². The molecular formula is C9H18N2O4. The first kappa shape index (κ1) is 12.2. The van der Waals surface area contributed by atoms with E-state index in [1.165, 1.54) is 4.90 Å². The van der Waals surface area contributed by atoms with Crippen LogP contribution in [0, 0.1) is 5.41 Å². The number of carbonyl (C=O) groups excluding carboxylic acids is 1. The Morgan fingerprint density at radius 2 is 1.93 bits per heavy atom. The van der Waals surface area contributed by atoms with Crippen molar-refractivity contribution in [1.82, 2.24) is 10.2 Å². The van der Waals surface area contributed by atoms with Crippen LogP contribution in [0.2, 0.25) is 0 Å². The van der Waals surface area contributed by atoms with E-state index in [4.69, 9.17) is 15.3 Å². The molecule has 0 spiro atoms. The van der Waals surface area contributed by atoms with Gasteiger partial charge < -0.3 is 25.5 Å². The summed E-state index contributed by atoms with van der Waals surface area (Å²) < 4.78 is 0. The van der Waals surface area contributed by atoms with Crippen LogP contribution < -0.4 is 5.32 Å². The van der Waals surface area contributed by atoms with Crippen molar-refractivity contribution in [1.29, 1.82) is 0 Å². The number of aliphatic hydroxyl groups is 3. The van der Waals surface area contributed by atoms with Gasteiger partial charge in [0.15, 0.2) is 0 Å². The third kappa shape index (κ3) is 2.58. The van der Waals surface area contributed by atoms with Crippen LogP contribution in [0.25, 0.3) is 0 Å². The van der Waals surface area contributed by atoms with E-state index in [0.717, 1.165) is 0 Å². The fourth-order valence-electron chi connectivity index (χ4n) is 1.60. The predicted octanol–water partition coefficient (Wildman–Crippen LogP) is -1.64. The summed E-state index contributed by atoms with van der Waals surface area (Å²) in [5, 5.41) is 30.0. The zero-order valence-electron chi connectivity index (χ0n) is 8.81. The maximum Gasteiger partial charge on any atom is 0.317 e. The molecule has 0 aliphatic carbocycles. The maximum absolute atomic E-state index is 11.4. The number of rotatable bonds is 5. The smallest absolute Gasteiger partial charge is 0.317 e. The number of aliphatic hydroxyl groups excluding tert-OH is 3. The van der Waals surface area contributed by atoms with E-state index >= 15 is 0 Å². The molecule has 0 aromatic rings. The SMILES string of the molecule is CC1CN(CC(CO)(CO)CO)C(=O)N1. The minimum atomic E-state index is -1.01. The molecule has 1 aliphatic rings. The van der Waals surface area contributed by atoms with Gasteiger partial charge in [-0.05, 0) is 6.92 Å². The van der Waals surface area contributed by atoms with E-state index in [1.807, 2.05) is 6.92 Å². The van der Waals surface area contributed by atoms with Crippen molar-refractivity contribution in [3.05, 3.63) is 0 Å². The fourth-order valence-corrected chi connectivity index (χ4v) is 1.60. The maximum atomic E-state index is 11.4. The first-order chi connectivity index (χ1) is 7.06. The highest BCUT2D eigenvalue weighted by Crippen LogP contribution is 2.18. The highest BCUT2D eigenvalue weighted by Gasteiger charge is 2.35. The summed E-state index contributed by atoms with van der Waals surface area (Å²) in [7, 11) is 0. The van der Waals surface area contributed by atoms with Crippen LogP contribution in [0.3, 0.4) is 0 Å². The van der Waals surface area contributed by atoms with E-state index in [1.54, 1.807) is 0 Å². The Hall–Kier alpha value is -0.850. The van der Waals surface area contributed by atoms with Crippen LogP contribution in [0.15, 0.2) is 0 Å². The second kappa shape index (κ2) is 4.78. The van der Waals surface area contributed by atoms with Crippen LogP contribution in [0.4, 0.5) is 4.79 Å². The molecule has 0 aromatic heterocycles. The Bertz CT molecular complexity index is 222. The first-order valence-electron chi connectivity index (χ1n) is 4.95. The van der Waals surface area contributed by atoms with Crippen LogP contribution in [-0.2, 0) is 0 Å². The van der Waals surface area contributed by atoms with E-state index in [9.17, 15) is 4.79 Å². The molecule has 0 radical (unpaired) electrons. The largest absolute Gasteiger partial charge is 0.396 e. The van der Waals surface area contributed by atoms with Gasteiger partial charge in [0, 0.05) is 19.1 Å². The summed E-state index contributed by atoms with van der Waals surface area (Å²) in [5.41, 5.74) is -1.01. The number of nitrogens with zero attached hydrogens (tertiary/aromatic N) is 1. The quantitative estimate of drug-likeness (QED) is 0.445. The molecule has 4 N–H and O–H groups in total. The lowest BCUT2D eigenvalue weighted by atomic mass is 9.90. The van der Waals surface area contributed by atoms with Gasteiger partial charge in [-0.3, -0.25) is 0 Å². The summed E-state index contributed by atoms with van der Waals surface area (Å²) >= 11 is 0. The molecule has 88 valence electrons. The summed E-state index contributed by atoms with van der Waals surface area (Å²) in [6.45, 7) is 1.51. The van der Waals surface area contributed by atoms with Crippen LogP contribution in [-0.4, -0.2) is 65.2 Å². The van der Waals surface area contributed by atoms with Gasteiger partial charge in [-0.2, -0.15) is 0 Å².